The van der Waals surface area contributed by atoms with E-state index in [0.29, 0.717) is 17.1 Å². The maximum Gasteiger partial charge on any atom is 0.186 e. The summed E-state index contributed by atoms with van der Waals surface area (Å²) >= 11 is 0. The number of nitrogens with two attached hydrogens (primary N) is 1. The first-order chi connectivity index (χ1) is 11.4. The second-order valence-corrected chi connectivity index (χ2v) is 8.41. The number of carbonyl (C=O) groups excluding carboxylic acids is 1. The summed E-state index contributed by atoms with van der Waals surface area (Å²) in [5.74, 6) is 0.791. The normalized spacial score (nSPS) is 15.6. The molecule has 134 valence electrons. The lowest BCUT2D eigenvalue weighted by atomic mass is 9.72. The molecular weight excluding hydrogens is 312 g/mol. The van der Waals surface area contributed by atoms with Gasteiger partial charge in [0.15, 0.2) is 5.78 Å². The third kappa shape index (κ3) is 4.19. The molecule has 0 heterocycles. The number of allylic oxidation sites excluding steroid dienone is 4. The Balaban J connectivity index is 2.59. The highest BCUT2D eigenvalue weighted by Gasteiger charge is 2.34. The lowest BCUT2D eigenvalue weighted by Gasteiger charge is -2.31. The van der Waals surface area contributed by atoms with Gasteiger partial charge in [-0.3, -0.25) is 4.79 Å². The third-order valence-corrected chi connectivity index (χ3v) is 4.17. The number of methoxy groups -OCH3 is 1. The average molecular weight is 340 g/mol. The summed E-state index contributed by atoms with van der Waals surface area (Å²) in [4.78, 5) is 17.6. The SMILES string of the molecule is COc1ccc(N=C2C=C(C(C)(C)C)C(=O)C(C(C)(C)C)=C2)c(N)c1. The molecule has 25 heavy (non-hydrogen) atoms. The van der Waals surface area contributed by atoms with Crippen LogP contribution in [0.3, 0.4) is 0 Å². The van der Waals surface area contributed by atoms with Gasteiger partial charge >= 0.3 is 0 Å². The van der Waals surface area contributed by atoms with E-state index in [1.54, 1.807) is 13.2 Å². The number of hydrogen-bond donors (Lipinski definition) is 1. The number of ether oxygens (including phenoxy) is 1. The van der Waals surface area contributed by atoms with E-state index in [1.807, 2.05) is 65.8 Å². The van der Waals surface area contributed by atoms with Crippen LogP contribution >= 0.6 is 0 Å². The number of benzene rings is 1. The summed E-state index contributed by atoms with van der Waals surface area (Å²) in [6.07, 6.45) is 3.75. The Morgan fingerprint density at radius 3 is 1.88 bits per heavy atom. The standard InChI is InChI=1S/C21H28N2O2/c1-20(2,3)15-10-13(11-16(19(15)24)21(4,5)6)23-18-9-8-14(25-7)12-17(18)22/h8-12H,22H2,1-7H3. The zero-order valence-electron chi connectivity index (χ0n) is 16.2. The minimum Gasteiger partial charge on any atom is -0.497 e. The molecular formula is C21H28N2O2. The van der Waals surface area contributed by atoms with Gasteiger partial charge in [0.05, 0.1) is 24.2 Å². The van der Waals surface area contributed by atoms with Crippen molar-refractivity contribution in [3.05, 3.63) is 41.5 Å². The van der Waals surface area contributed by atoms with Crippen LogP contribution in [0.4, 0.5) is 11.4 Å². The van der Waals surface area contributed by atoms with Crippen molar-refractivity contribution in [2.75, 3.05) is 12.8 Å². The van der Waals surface area contributed by atoms with E-state index in [9.17, 15) is 4.79 Å². The molecule has 0 spiro atoms. The minimum absolute atomic E-state index is 0.0988. The van der Waals surface area contributed by atoms with Crippen LogP contribution in [-0.2, 0) is 4.79 Å². The van der Waals surface area contributed by atoms with Gasteiger partial charge in [-0.25, -0.2) is 4.99 Å². The van der Waals surface area contributed by atoms with E-state index in [2.05, 4.69) is 4.99 Å². The molecule has 0 saturated heterocycles. The summed E-state index contributed by atoms with van der Waals surface area (Å²) in [6, 6.07) is 5.40. The van der Waals surface area contributed by atoms with Crippen molar-refractivity contribution in [1.82, 2.24) is 0 Å². The molecule has 0 aliphatic heterocycles. The molecule has 0 fully saturated rings. The second kappa shape index (κ2) is 6.51. The lowest BCUT2D eigenvalue weighted by Crippen LogP contribution is -2.29. The molecule has 0 amide bonds. The van der Waals surface area contributed by atoms with E-state index < -0.39 is 0 Å². The number of ketones is 1. The Labute approximate surface area is 150 Å². The third-order valence-electron chi connectivity index (χ3n) is 4.17. The van der Waals surface area contributed by atoms with Crippen LogP contribution in [0.5, 0.6) is 5.75 Å². The Kier molecular flexibility index (Phi) is 4.94. The van der Waals surface area contributed by atoms with E-state index in [0.717, 1.165) is 16.9 Å². The fraction of sp³-hybridized carbons (Fsp3) is 0.429. The molecule has 0 unspecified atom stereocenters. The highest BCUT2D eigenvalue weighted by Crippen LogP contribution is 2.37. The largest absolute Gasteiger partial charge is 0.497 e. The highest BCUT2D eigenvalue weighted by atomic mass is 16.5. The van der Waals surface area contributed by atoms with Gasteiger partial charge in [0.2, 0.25) is 0 Å². The Morgan fingerprint density at radius 1 is 0.960 bits per heavy atom. The van der Waals surface area contributed by atoms with Crippen LogP contribution in [0.25, 0.3) is 0 Å². The van der Waals surface area contributed by atoms with Crippen LogP contribution < -0.4 is 10.5 Å². The van der Waals surface area contributed by atoms with E-state index in [1.165, 1.54) is 0 Å². The van der Waals surface area contributed by atoms with Crippen LogP contribution in [0.1, 0.15) is 41.5 Å². The number of anilines is 1. The molecule has 0 saturated carbocycles. The second-order valence-electron chi connectivity index (χ2n) is 8.41. The number of carbonyl (C=O) groups is 1. The maximum atomic E-state index is 12.9. The van der Waals surface area contributed by atoms with Crippen molar-refractivity contribution in [3.63, 3.8) is 0 Å². The molecule has 0 bridgehead atoms. The smallest absolute Gasteiger partial charge is 0.186 e. The first-order valence-corrected chi connectivity index (χ1v) is 8.45. The fourth-order valence-electron chi connectivity index (χ4n) is 2.69. The van der Waals surface area contributed by atoms with Gasteiger partial charge in [-0.05, 0) is 35.1 Å². The number of aliphatic imine (C=N–C) groups is 1. The van der Waals surface area contributed by atoms with Gasteiger partial charge in [0, 0.05) is 17.2 Å². The molecule has 4 heteroatoms. The van der Waals surface area contributed by atoms with Crippen LogP contribution in [-0.4, -0.2) is 18.6 Å². The monoisotopic (exact) mass is 340 g/mol. The summed E-state index contributed by atoms with van der Waals surface area (Å²) in [7, 11) is 1.60. The van der Waals surface area contributed by atoms with Crippen molar-refractivity contribution in [3.8, 4) is 5.75 Å². The summed E-state index contributed by atoms with van der Waals surface area (Å²) in [5.41, 5.74) is 9.06. The van der Waals surface area contributed by atoms with Gasteiger partial charge < -0.3 is 10.5 Å². The van der Waals surface area contributed by atoms with E-state index in [-0.39, 0.29) is 16.6 Å². The van der Waals surface area contributed by atoms with Crippen molar-refractivity contribution < 1.29 is 9.53 Å². The Morgan fingerprint density at radius 2 is 1.48 bits per heavy atom. The molecule has 1 aliphatic carbocycles. The highest BCUT2D eigenvalue weighted by molar-refractivity contribution is 6.23. The molecule has 0 radical (unpaired) electrons. The van der Waals surface area contributed by atoms with Gasteiger partial charge in [-0.1, -0.05) is 41.5 Å². The van der Waals surface area contributed by atoms with Gasteiger partial charge in [-0.2, -0.15) is 0 Å². The zero-order valence-corrected chi connectivity index (χ0v) is 16.2. The molecule has 1 aromatic rings. The van der Waals surface area contributed by atoms with Crippen molar-refractivity contribution in [1.29, 1.82) is 0 Å². The van der Waals surface area contributed by atoms with Crippen LogP contribution in [0.15, 0.2) is 46.5 Å². The van der Waals surface area contributed by atoms with E-state index in [4.69, 9.17) is 10.5 Å². The fourth-order valence-corrected chi connectivity index (χ4v) is 2.69. The van der Waals surface area contributed by atoms with Crippen molar-refractivity contribution >= 4 is 22.9 Å². The first-order valence-electron chi connectivity index (χ1n) is 8.45. The molecule has 0 atom stereocenters. The Bertz CT molecular complexity index is 749. The van der Waals surface area contributed by atoms with Gasteiger partial charge in [0.1, 0.15) is 5.75 Å². The molecule has 1 aliphatic rings. The van der Waals surface area contributed by atoms with Crippen LogP contribution in [0.2, 0.25) is 0 Å². The zero-order chi connectivity index (χ0) is 19.0. The van der Waals surface area contributed by atoms with Crippen LogP contribution in [0, 0.1) is 10.8 Å². The maximum absolute atomic E-state index is 12.9. The molecule has 2 N–H and O–H groups in total. The summed E-state index contributed by atoms with van der Waals surface area (Å²) < 4.78 is 5.18. The minimum atomic E-state index is -0.256. The van der Waals surface area contributed by atoms with Gasteiger partial charge in [0.25, 0.3) is 0 Å². The van der Waals surface area contributed by atoms with Crippen molar-refractivity contribution in [2.45, 2.75) is 41.5 Å². The number of nitrogen functional groups attached to an aromatic ring is 1. The molecule has 2 rings (SSSR count). The molecule has 4 nitrogen and oxygen atoms in total. The summed E-state index contributed by atoms with van der Waals surface area (Å²) in [6.45, 7) is 12.3. The molecule has 0 aromatic heterocycles. The quantitative estimate of drug-likeness (QED) is 0.616. The first kappa shape index (κ1) is 19.0. The average Bonchev–Trinajstić information content (AvgIpc) is 2.48. The number of nitrogens with zero attached hydrogens (tertiary/aromatic N) is 1. The Hall–Kier alpha value is -2.36. The summed E-state index contributed by atoms with van der Waals surface area (Å²) in [5, 5.41) is 0. The predicted molar refractivity (Wildman–Crippen MR) is 105 cm³/mol. The van der Waals surface area contributed by atoms with E-state index >= 15 is 0 Å². The number of rotatable bonds is 2. The van der Waals surface area contributed by atoms with Gasteiger partial charge in [-0.15, -0.1) is 0 Å². The predicted octanol–water partition coefficient (Wildman–Crippen LogP) is 4.88. The topological polar surface area (TPSA) is 64.7 Å². The lowest BCUT2D eigenvalue weighted by molar-refractivity contribution is -0.114. The number of hydrogen-bond acceptors (Lipinski definition) is 4. The number of Topliss-reactive ketones (excluding diaryl/α,β-unsaturated/α-hetero) is 1. The van der Waals surface area contributed by atoms with Crippen molar-refractivity contribution in [2.24, 2.45) is 15.8 Å². The molecule has 1 aromatic carbocycles.